The molecule has 3 nitrogen and oxygen atoms in total. The molecule has 15 heavy (non-hydrogen) atoms. The van der Waals surface area contributed by atoms with Crippen molar-refractivity contribution in [2.75, 3.05) is 24.6 Å². The summed E-state index contributed by atoms with van der Waals surface area (Å²) in [6.45, 7) is 3.43. The summed E-state index contributed by atoms with van der Waals surface area (Å²) in [6.07, 6.45) is 1.73. The Morgan fingerprint density at radius 1 is 1.53 bits per heavy atom. The van der Waals surface area contributed by atoms with Gasteiger partial charge in [0, 0.05) is 30.7 Å². The minimum atomic E-state index is -0.277. The van der Waals surface area contributed by atoms with E-state index in [1.165, 1.54) is 0 Å². The van der Waals surface area contributed by atoms with Crippen molar-refractivity contribution >= 4 is 17.7 Å². The van der Waals surface area contributed by atoms with Crippen LogP contribution in [0, 0.1) is 11.8 Å². The number of nitrogens with zero attached hydrogens (tertiary/aromatic N) is 1. The van der Waals surface area contributed by atoms with Crippen molar-refractivity contribution in [3.63, 3.8) is 0 Å². The van der Waals surface area contributed by atoms with Crippen molar-refractivity contribution in [3.05, 3.63) is 0 Å². The van der Waals surface area contributed by atoms with Crippen LogP contribution in [0.5, 0.6) is 0 Å². The van der Waals surface area contributed by atoms with E-state index in [2.05, 4.69) is 0 Å². The van der Waals surface area contributed by atoms with E-state index in [-0.39, 0.29) is 12.0 Å². The molecular weight excluding hydrogens is 210 g/mol. The topological polar surface area (TPSA) is 40.5 Å². The fourth-order valence-corrected chi connectivity index (χ4v) is 3.58. The fraction of sp³-hybridized carbons (Fsp3) is 0.909. The van der Waals surface area contributed by atoms with Crippen LogP contribution < -0.4 is 0 Å². The summed E-state index contributed by atoms with van der Waals surface area (Å²) in [5.41, 5.74) is 0. The maximum absolute atomic E-state index is 12.0. The van der Waals surface area contributed by atoms with Crippen LogP contribution in [0.1, 0.15) is 19.8 Å². The van der Waals surface area contributed by atoms with Gasteiger partial charge in [0.25, 0.3) is 0 Å². The maximum atomic E-state index is 12.0. The number of aliphatic hydroxyl groups excluding tert-OH is 1. The number of amides is 1. The number of thioether (sulfide) groups is 1. The second-order valence-electron chi connectivity index (χ2n) is 4.63. The number of rotatable bonds is 2. The number of carbonyl (C=O) groups is 1. The second kappa shape index (κ2) is 4.74. The maximum Gasteiger partial charge on any atom is 0.226 e. The van der Waals surface area contributed by atoms with Crippen LogP contribution in [0.4, 0.5) is 0 Å². The number of aliphatic hydroxyl groups is 1. The normalized spacial score (nSPS) is 33.3. The van der Waals surface area contributed by atoms with Crippen molar-refractivity contribution in [1.82, 2.24) is 4.90 Å². The van der Waals surface area contributed by atoms with E-state index in [1.54, 1.807) is 0 Å². The molecule has 2 saturated heterocycles. The molecule has 2 aliphatic heterocycles. The van der Waals surface area contributed by atoms with E-state index in [4.69, 9.17) is 0 Å². The van der Waals surface area contributed by atoms with E-state index in [1.807, 2.05) is 23.6 Å². The van der Waals surface area contributed by atoms with Crippen molar-refractivity contribution in [1.29, 1.82) is 0 Å². The molecule has 3 unspecified atom stereocenters. The van der Waals surface area contributed by atoms with Crippen LogP contribution >= 0.6 is 11.8 Å². The molecule has 2 heterocycles. The highest BCUT2D eigenvalue weighted by Gasteiger charge is 2.33. The Labute approximate surface area is 95.2 Å². The van der Waals surface area contributed by atoms with Crippen molar-refractivity contribution < 1.29 is 9.90 Å². The molecule has 86 valence electrons. The summed E-state index contributed by atoms with van der Waals surface area (Å²) in [7, 11) is 0. The molecule has 2 aliphatic rings. The SMILES string of the molecule is CC(O)C1CCN(C(=O)C2CCSC2)C1. The van der Waals surface area contributed by atoms with Gasteiger partial charge in [0.05, 0.1) is 6.10 Å². The highest BCUT2D eigenvalue weighted by Crippen LogP contribution is 2.28. The molecule has 0 aromatic carbocycles. The molecule has 0 saturated carbocycles. The first-order valence-electron chi connectivity index (χ1n) is 5.73. The quantitative estimate of drug-likeness (QED) is 0.767. The summed E-state index contributed by atoms with van der Waals surface area (Å²) in [5.74, 6) is 2.99. The average molecular weight is 229 g/mol. The van der Waals surface area contributed by atoms with Gasteiger partial charge in [0.2, 0.25) is 5.91 Å². The molecular formula is C11H19NO2S. The van der Waals surface area contributed by atoms with Crippen LogP contribution in [0.3, 0.4) is 0 Å². The Balaban J connectivity index is 1.87. The number of hydrogen-bond donors (Lipinski definition) is 1. The minimum Gasteiger partial charge on any atom is -0.393 e. The van der Waals surface area contributed by atoms with Gasteiger partial charge in [-0.15, -0.1) is 0 Å². The van der Waals surface area contributed by atoms with Crippen LogP contribution in [0.25, 0.3) is 0 Å². The van der Waals surface area contributed by atoms with E-state index in [9.17, 15) is 9.90 Å². The smallest absolute Gasteiger partial charge is 0.226 e. The molecule has 0 aliphatic carbocycles. The van der Waals surface area contributed by atoms with Gasteiger partial charge >= 0.3 is 0 Å². The second-order valence-corrected chi connectivity index (χ2v) is 5.78. The lowest BCUT2D eigenvalue weighted by atomic mass is 10.0. The third-order valence-electron chi connectivity index (χ3n) is 3.50. The van der Waals surface area contributed by atoms with Crippen LogP contribution in [0.2, 0.25) is 0 Å². The number of hydrogen-bond acceptors (Lipinski definition) is 3. The lowest BCUT2D eigenvalue weighted by Crippen LogP contribution is -2.35. The van der Waals surface area contributed by atoms with Gasteiger partial charge < -0.3 is 10.0 Å². The zero-order valence-corrected chi connectivity index (χ0v) is 10.0. The predicted molar refractivity (Wildman–Crippen MR) is 61.8 cm³/mol. The van der Waals surface area contributed by atoms with Crippen LogP contribution in [0.15, 0.2) is 0 Å². The van der Waals surface area contributed by atoms with Gasteiger partial charge in [0.1, 0.15) is 0 Å². The molecule has 0 aromatic rings. The number of carbonyl (C=O) groups excluding carboxylic acids is 1. The summed E-state index contributed by atoms with van der Waals surface area (Å²) in [4.78, 5) is 14.0. The summed E-state index contributed by atoms with van der Waals surface area (Å²) < 4.78 is 0. The zero-order chi connectivity index (χ0) is 10.8. The first kappa shape index (κ1) is 11.3. The Morgan fingerprint density at radius 3 is 2.87 bits per heavy atom. The first-order valence-corrected chi connectivity index (χ1v) is 6.88. The van der Waals surface area contributed by atoms with Gasteiger partial charge in [0.15, 0.2) is 0 Å². The first-order chi connectivity index (χ1) is 7.18. The number of likely N-dealkylation sites (tertiary alicyclic amines) is 1. The molecule has 3 atom stereocenters. The monoisotopic (exact) mass is 229 g/mol. The predicted octanol–water partition coefficient (Wildman–Crippen LogP) is 0.969. The summed E-state index contributed by atoms with van der Waals surface area (Å²) in [6, 6.07) is 0. The van der Waals surface area contributed by atoms with Crippen LogP contribution in [-0.2, 0) is 4.79 Å². The van der Waals surface area contributed by atoms with Crippen molar-refractivity contribution in [2.24, 2.45) is 11.8 Å². The molecule has 2 fully saturated rings. The molecule has 2 rings (SSSR count). The molecule has 1 N–H and O–H groups in total. The molecule has 4 heteroatoms. The zero-order valence-electron chi connectivity index (χ0n) is 9.19. The lowest BCUT2D eigenvalue weighted by molar-refractivity contribution is -0.133. The molecule has 0 radical (unpaired) electrons. The fourth-order valence-electron chi connectivity index (χ4n) is 2.37. The van der Waals surface area contributed by atoms with Gasteiger partial charge in [-0.2, -0.15) is 11.8 Å². The van der Waals surface area contributed by atoms with Crippen molar-refractivity contribution in [2.45, 2.75) is 25.9 Å². The summed E-state index contributed by atoms with van der Waals surface area (Å²) >= 11 is 1.88. The molecule has 1 amide bonds. The average Bonchev–Trinajstić information content (AvgIpc) is 2.88. The van der Waals surface area contributed by atoms with Gasteiger partial charge in [-0.3, -0.25) is 4.79 Å². The van der Waals surface area contributed by atoms with Crippen molar-refractivity contribution in [3.8, 4) is 0 Å². The molecule has 0 aromatic heterocycles. The van der Waals surface area contributed by atoms with Crippen LogP contribution in [-0.4, -0.2) is 46.6 Å². The Hall–Kier alpha value is -0.220. The highest BCUT2D eigenvalue weighted by molar-refractivity contribution is 7.99. The lowest BCUT2D eigenvalue weighted by Gasteiger charge is -2.20. The largest absolute Gasteiger partial charge is 0.393 e. The molecule has 0 bridgehead atoms. The highest BCUT2D eigenvalue weighted by atomic mass is 32.2. The molecule has 0 spiro atoms. The standard InChI is InChI=1S/C11H19NO2S/c1-8(13)9-2-4-12(6-9)11(14)10-3-5-15-7-10/h8-10,13H,2-7H2,1H3. The van der Waals surface area contributed by atoms with Gasteiger partial charge in [-0.1, -0.05) is 0 Å². The van der Waals surface area contributed by atoms with E-state index in [0.717, 1.165) is 37.4 Å². The Morgan fingerprint density at radius 2 is 2.33 bits per heavy atom. The van der Waals surface area contributed by atoms with E-state index in [0.29, 0.717) is 11.8 Å². The summed E-state index contributed by atoms with van der Waals surface area (Å²) in [5, 5.41) is 9.47. The van der Waals surface area contributed by atoms with Gasteiger partial charge in [-0.25, -0.2) is 0 Å². The third-order valence-corrected chi connectivity index (χ3v) is 4.66. The van der Waals surface area contributed by atoms with Gasteiger partial charge in [-0.05, 0) is 25.5 Å². The van der Waals surface area contributed by atoms with E-state index < -0.39 is 0 Å². The minimum absolute atomic E-state index is 0.253. The third kappa shape index (κ3) is 2.48. The Kier molecular flexibility index (Phi) is 3.57. The van der Waals surface area contributed by atoms with E-state index >= 15 is 0 Å². The Bertz CT molecular complexity index is 239.